The molecule has 0 aromatic heterocycles. The first-order chi connectivity index (χ1) is 7.61. The molecule has 0 bridgehead atoms. The predicted molar refractivity (Wildman–Crippen MR) is 63.9 cm³/mol. The maximum atomic E-state index is 10.4. The SMILES string of the molecule is Oc1cccc(Cl)c1CC1(O)CCNCC1. The lowest BCUT2D eigenvalue weighted by Crippen LogP contribution is -2.43. The highest BCUT2D eigenvalue weighted by molar-refractivity contribution is 6.31. The van der Waals surface area contributed by atoms with Gasteiger partial charge in [0.15, 0.2) is 0 Å². The van der Waals surface area contributed by atoms with Gasteiger partial charge in [0.1, 0.15) is 5.75 Å². The zero-order valence-electron chi connectivity index (χ0n) is 9.04. The number of aliphatic hydroxyl groups is 1. The molecule has 1 aliphatic rings. The third-order valence-electron chi connectivity index (χ3n) is 3.13. The highest BCUT2D eigenvalue weighted by atomic mass is 35.5. The van der Waals surface area contributed by atoms with Gasteiger partial charge in [-0.15, -0.1) is 0 Å². The van der Waals surface area contributed by atoms with E-state index in [0.717, 1.165) is 13.1 Å². The Morgan fingerprint density at radius 1 is 1.31 bits per heavy atom. The number of rotatable bonds is 2. The van der Waals surface area contributed by atoms with Crippen molar-refractivity contribution in [3.63, 3.8) is 0 Å². The Bertz CT molecular complexity index is 355. The number of nitrogens with one attached hydrogen (secondary N) is 1. The average Bonchev–Trinajstić information content (AvgIpc) is 2.25. The van der Waals surface area contributed by atoms with Crippen molar-refractivity contribution in [1.82, 2.24) is 5.32 Å². The number of halogens is 1. The minimum atomic E-state index is -0.742. The van der Waals surface area contributed by atoms with E-state index in [1.54, 1.807) is 18.2 Å². The monoisotopic (exact) mass is 241 g/mol. The van der Waals surface area contributed by atoms with E-state index in [9.17, 15) is 10.2 Å². The molecule has 4 heteroatoms. The Kier molecular flexibility index (Phi) is 3.38. The third-order valence-corrected chi connectivity index (χ3v) is 3.49. The number of piperidine rings is 1. The summed E-state index contributed by atoms with van der Waals surface area (Å²) in [5, 5.41) is 23.8. The van der Waals surface area contributed by atoms with Crippen LogP contribution in [0.3, 0.4) is 0 Å². The van der Waals surface area contributed by atoms with Gasteiger partial charge in [-0.05, 0) is 38.1 Å². The molecule has 1 saturated heterocycles. The molecule has 0 amide bonds. The van der Waals surface area contributed by atoms with Gasteiger partial charge < -0.3 is 15.5 Å². The fraction of sp³-hybridized carbons (Fsp3) is 0.500. The summed E-state index contributed by atoms with van der Waals surface area (Å²) in [6.07, 6.45) is 1.80. The summed E-state index contributed by atoms with van der Waals surface area (Å²) in [5.41, 5.74) is -0.0955. The second-order valence-electron chi connectivity index (χ2n) is 4.39. The van der Waals surface area contributed by atoms with E-state index in [0.29, 0.717) is 29.8 Å². The van der Waals surface area contributed by atoms with Crippen LogP contribution in [0.25, 0.3) is 0 Å². The largest absolute Gasteiger partial charge is 0.508 e. The van der Waals surface area contributed by atoms with Gasteiger partial charge in [0.25, 0.3) is 0 Å². The summed E-state index contributed by atoms with van der Waals surface area (Å²) < 4.78 is 0. The number of hydrogen-bond acceptors (Lipinski definition) is 3. The van der Waals surface area contributed by atoms with E-state index >= 15 is 0 Å². The van der Waals surface area contributed by atoms with E-state index < -0.39 is 5.60 Å². The molecule has 0 spiro atoms. The van der Waals surface area contributed by atoms with Gasteiger partial charge in [-0.25, -0.2) is 0 Å². The van der Waals surface area contributed by atoms with Gasteiger partial charge >= 0.3 is 0 Å². The molecule has 0 saturated carbocycles. The normalized spacial score (nSPS) is 19.6. The predicted octanol–water partition coefficient (Wildman–Crippen LogP) is 1.70. The van der Waals surface area contributed by atoms with E-state index in [4.69, 9.17) is 11.6 Å². The first-order valence-corrected chi connectivity index (χ1v) is 5.88. The third kappa shape index (κ3) is 2.48. The van der Waals surface area contributed by atoms with Gasteiger partial charge in [0.2, 0.25) is 0 Å². The van der Waals surface area contributed by atoms with Crippen molar-refractivity contribution in [2.45, 2.75) is 24.9 Å². The van der Waals surface area contributed by atoms with Crippen molar-refractivity contribution in [2.24, 2.45) is 0 Å². The van der Waals surface area contributed by atoms with Crippen molar-refractivity contribution in [2.75, 3.05) is 13.1 Å². The van der Waals surface area contributed by atoms with E-state index in [1.807, 2.05) is 0 Å². The van der Waals surface area contributed by atoms with Crippen LogP contribution in [-0.4, -0.2) is 28.9 Å². The summed E-state index contributed by atoms with van der Waals surface area (Å²) in [4.78, 5) is 0. The summed E-state index contributed by atoms with van der Waals surface area (Å²) >= 11 is 6.02. The van der Waals surface area contributed by atoms with Crippen LogP contribution in [0.15, 0.2) is 18.2 Å². The molecule has 16 heavy (non-hydrogen) atoms. The fourth-order valence-electron chi connectivity index (χ4n) is 2.12. The minimum Gasteiger partial charge on any atom is -0.508 e. The highest BCUT2D eigenvalue weighted by Gasteiger charge is 2.30. The molecular weight excluding hydrogens is 226 g/mol. The van der Waals surface area contributed by atoms with Crippen LogP contribution in [0.2, 0.25) is 5.02 Å². The van der Waals surface area contributed by atoms with Crippen LogP contribution in [0.1, 0.15) is 18.4 Å². The van der Waals surface area contributed by atoms with Gasteiger partial charge in [-0.3, -0.25) is 0 Å². The molecule has 1 fully saturated rings. The quantitative estimate of drug-likeness (QED) is 0.739. The number of phenols is 1. The topological polar surface area (TPSA) is 52.5 Å². The van der Waals surface area contributed by atoms with Crippen LogP contribution in [0.5, 0.6) is 5.75 Å². The summed E-state index contributed by atoms with van der Waals surface area (Å²) in [6.45, 7) is 1.61. The number of aromatic hydroxyl groups is 1. The Morgan fingerprint density at radius 3 is 2.62 bits per heavy atom. The van der Waals surface area contributed by atoms with Crippen LogP contribution in [-0.2, 0) is 6.42 Å². The summed E-state index contributed by atoms with van der Waals surface area (Å²) in [6, 6.07) is 5.04. The molecular formula is C12H16ClNO2. The molecule has 1 aliphatic heterocycles. The highest BCUT2D eigenvalue weighted by Crippen LogP contribution is 2.32. The molecule has 3 N–H and O–H groups in total. The Balaban J connectivity index is 2.19. The second kappa shape index (κ2) is 4.62. The minimum absolute atomic E-state index is 0.166. The standard InChI is InChI=1S/C12H16ClNO2/c13-10-2-1-3-11(15)9(10)8-12(16)4-6-14-7-5-12/h1-3,14-16H,4-8H2. The van der Waals surface area contributed by atoms with Crippen molar-refractivity contribution >= 4 is 11.6 Å². The van der Waals surface area contributed by atoms with Gasteiger partial charge in [0.05, 0.1) is 5.60 Å². The molecule has 0 radical (unpaired) electrons. The zero-order chi connectivity index (χ0) is 11.6. The van der Waals surface area contributed by atoms with Gasteiger partial charge in [-0.1, -0.05) is 17.7 Å². The maximum absolute atomic E-state index is 10.4. The maximum Gasteiger partial charge on any atom is 0.120 e. The Morgan fingerprint density at radius 2 is 2.00 bits per heavy atom. The van der Waals surface area contributed by atoms with Crippen molar-refractivity contribution in [3.05, 3.63) is 28.8 Å². The molecule has 0 atom stereocenters. The van der Waals surface area contributed by atoms with Gasteiger partial charge in [0, 0.05) is 17.0 Å². The number of benzene rings is 1. The van der Waals surface area contributed by atoms with Crippen LogP contribution in [0.4, 0.5) is 0 Å². The molecule has 0 unspecified atom stereocenters. The van der Waals surface area contributed by atoms with E-state index in [-0.39, 0.29) is 5.75 Å². The molecule has 1 aromatic carbocycles. The fourth-order valence-corrected chi connectivity index (χ4v) is 2.36. The second-order valence-corrected chi connectivity index (χ2v) is 4.80. The summed E-state index contributed by atoms with van der Waals surface area (Å²) in [5.74, 6) is 0.166. The molecule has 1 aromatic rings. The molecule has 2 rings (SSSR count). The first-order valence-electron chi connectivity index (χ1n) is 5.50. The molecule has 3 nitrogen and oxygen atoms in total. The number of hydrogen-bond donors (Lipinski definition) is 3. The Hall–Kier alpha value is -0.770. The number of phenolic OH excluding ortho intramolecular Hbond substituents is 1. The molecule has 1 heterocycles. The Labute approximate surface area is 100 Å². The lowest BCUT2D eigenvalue weighted by Gasteiger charge is -2.33. The molecule has 88 valence electrons. The van der Waals surface area contributed by atoms with Gasteiger partial charge in [-0.2, -0.15) is 0 Å². The van der Waals surface area contributed by atoms with Crippen molar-refractivity contribution in [1.29, 1.82) is 0 Å². The van der Waals surface area contributed by atoms with Crippen LogP contribution in [0, 0.1) is 0 Å². The van der Waals surface area contributed by atoms with E-state index in [1.165, 1.54) is 0 Å². The van der Waals surface area contributed by atoms with Crippen LogP contribution < -0.4 is 5.32 Å². The molecule has 0 aliphatic carbocycles. The lowest BCUT2D eigenvalue weighted by atomic mass is 9.86. The van der Waals surface area contributed by atoms with Crippen molar-refractivity contribution < 1.29 is 10.2 Å². The lowest BCUT2D eigenvalue weighted by molar-refractivity contribution is 0.0104. The average molecular weight is 242 g/mol. The zero-order valence-corrected chi connectivity index (χ0v) is 9.80. The smallest absolute Gasteiger partial charge is 0.120 e. The summed E-state index contributed by atoms with van der Waals surface area (Å²) in [7, 11) is 0. The van der Waals surface area contributed by atoms with Crippen LogP contribution >= 0.6 is 11.6 Å². The van der Waals surface area contributed by atoms with E-state index in [2.05, 4.69) is 5.32 Å². The first kappa shape index (κ1) is 11.7. The van der Waals surface area contributed by atoms with Crippen molar-refractivity contribution in [3.8, 4) is 5.75 Å².